The minimum atomic E-state index is -4.42. The Labute approximate surface area is 177 Å². The molecule has 30 heavy (non-hydrogen) atoms. The van der Waals surface area contributed by atoms with Crippen LogP contribution in [0.3, 0.4) is 0 Å². The minimum absolute atomic E-state index is 0.157. The predicted molar refractivity (Wildman–Crippen MR) is 110 cm³/mol. The maximum absolute atomic E-state index is 12.7. The van der Waals surface area contributed by atoms with E-state index >= 15 is 0 Å². The van der Waals surface area contributed by atoms with Gasteiger partial charge in [-0.3, -0.25) is 0 Å². The lowest BCUT2D eigenvalue weighted by atomic mass is 10.3. The zero-order valence-electron chi connectivity index (χ0n) is 16.6. The van der Waals surface area contributed by atoms with Gasteiger partial charge in [-0.2, -0.15) is 13.2 Å². The highest BCUT2D eigenvalue weighted by atomic mass is 32.2. The minimum Gasteiger partial charge on any atom is -0.327 e. The highest BCUT2D eigenvalue weighted by molar-refractivity contribution is 7.98. The van der Waals surface area contributed by atoms with Gasteiger partial charge in [0.2, 0.25) is 10.0 Å². The predicted octanol–water partition coefficient (Wildman–Crippen LogP) is 4.40. The lowest BCUT2D eigenvalue weighted by molar-refractivity contribution is -0.137. The van der Waals surface area contributed by atoms with E-state index in [1.165, 1.54) is 31.9 Å². The van der Waals surface area contributed by atoms with E-state index in [0.29, 0.717) is 28.7 Å². The zero-order chi connectivity index (χ0) is 22.1. The first-order chi connectivity index (χ1) is 14.0. The number of hydrogen-bond donors (Lipinski definition) is 0. The highest BCUT2D eigenvalue weighted by Gasteiger charge is 2.30. The quantitative estimate of drug-likeness (QED) is 0.491. The van der Waals surface area contributed by atoms with Crippen LogP contribution in [0.1, 0.15) is 24.7 Å². The molecule has 6 nitrogen and oxygen atoms in total. The number of fused-ring (bicyclic) bond motifs is 1. The Kier molecular flexibility index (Phi) is 6.44. The molecule has 0 spiro atoms. The maximum Gasteiger partial charge on any atom is 0.417 e. The summed E-state index contributed by atoms with van der Waals surface area (Å²) in [5.41, 5.74) is 0.576. The van der Waals surface area contributed by atoms with E-state index in [9.17, 15) is 21.6 Å². The van der Waals surface area contributed by atoms with E-state index in [1.54, 1.807) is 18.2 Å². The van der Waals surface area contributed by atoms with Gasteiger partial charge in [-0.25, -0.2) is 22.7 Å². The summed E-state index contributed by atoms with van der Waals surface area (Å²) in [4.78, 5) is 8.62. The van der Waals surface area contributed by atoms with Gasteiger partial charge in [0, 0.05) is 26.8 Å². The summed E-state index contributed by atoms with van der Waals surface area (Å²) in [5, 5.41) is 0.453. The third-order valence-corrected chi connectivity index (χ3v) is 7.19. The number of alkyl halides is 3. The molecule has 11 heteroatoms. The van der Waals surface area contributed by atoms with E-state index in [-0.39, 0.29) is 4.90 Å². The number of benzene rings is 1. The van der Waals surface area contributed by atoms with E-state index in [1.807, 2.05) is 11.5 Å². The standard InChI is InChI=1S/C19H21F3N4O2S2/c1-4-9-26-16-7-6-14(30(27,28)25(2)3)10-15(16)24-17(26)12-29-18-8-5-13(11-23-18)19(20,21)22/h5-8,10-11H,4,9,12H2,1-3H3. The number of sulfonamides is 1. The summed E-state index contributed by atoms with van der Waals surface area (Å²) in [6.07, 6.45) is -2.76. The molecular weight excluding hydrogens is 437 g/mol. The van der Waals surface area contributed by atoms with Crippen LogP contribution < -0.4 is 0 Å². The second-order valence-electron chi connectivity index (χ2n) is 6.79. The SMILES string of the molecule is CCCn1c(CSc2ccc(C(F)(F)F)cn2)nc2cc(S(=O)(=O)N(C)C)ccc21. The smallest absolute Gasteiger partial charge is 0.327 e. The maximum atomic E-state index is 12.7. The Balaban J connectivity index is 1.90. The number of hydrogen-bond acceptors (Lipinski definition) is 5. The van der Waals surface area contributed by atoms with Gasteiger partial charge in [-0.15, -0.1) is 0 Å². The van der Waals surface area contributed by atoms with Crippen LogP contribution in [0.2, 0.25) is 0 Å². The molecule has 0 radical (unpaired) electrons. The van der Waals surface area contributed by atoms with Crippen molar-refractivity contribution < 1.29 is 21.6 Å². The second-order valence-corrected chi connectivity index (χ2v) is 9.94. The number of nitrogens with zero attached hydrogens (tertiary/aromatic N) is 4. The van der Waals surface area contributed by atoms with Gasteiger partial charge in [0.25, 0.3) is 0 Å². The Hall–Kier alpha value is -2.11. The molecule has 1 aromatic carbocycles. The first-order valence-corrected chi connectivity index (χ1v) is 11.5. The average molecular weight is 459 g/mol. The normalized spacial score (nSPS) is 12.8. The molecule has 0 amide bonds. The Morgan fingerprint density at radius 2 is 1.90 bits per heavy atom. The van der Waals surface area contributed by atoms with Crippen LogP contribution >= 0.6 is 11.8 Å². The third-order valence-electron chi connectivity index (χ3n) is 4.44. The number of aromatic nitrogens is 3. The van der Waals surface area contributed by atoms with Crippen LogP contribution in [0.15, 0.2) is 46.5 Å². The lowest BCUT2D eigenvalue weighted by Gasteiger charge is -2.11. The molecule has 3 aromatic rings. The number of imidazole rings is 1. The van der Waals surface area contributed by atoms with Gasteiger partial charge in [-0.1, -0.05) is 18.7 Å². The van der Waals surface area contributed by atoms with E-state index in [4.69, 9.17) is 0 Å². The van der Waals surface area contributed by atoms with Crippen LogP contribution in [0.5, 0.6) is 0 Å². The van der Waals surface area contributed by atoms with Crippen molar-refractivity contribution in [2.24, 2.45) is 0 Å². The molecule has 0 aliphatic rings. The largest absolute Gasteiger partial charge is 0.417 e. The van der Waals surface area contributed by atoms with Crippen LogP contribution in [-0.2, 0) is 28.5 Å². The number of pyridine rings is 1. The Morgan fingerprint density at radius 1 is 1.17 bits per heavy atom. The molecule has 0 fully saturated rings. The Bertz CT molecular complexity index is 1140. The van der Waals surface area contributed by atoms with Crippen molar-refractivity contribution in [3.8, 4) is 0 Å². The Morgan fingerprint density at radius 3 is 2.47 bits per heavy atom. The van der Waals surface area contributed by atoms with E-state index in [0.717, 1.165) is 28.5 Å². The molecule has 2 aromatic heterocycles. The van der Waals surface area contributed by atoms with Gasteiger partial charge in [-0.05, 0) is 36.8 Å². The monoisotopic (exact) mass is 458 g/mol. The van der Waals surface area contributed by atoms with Crippen molar-refractivity contribution in [1.29, 1.82) is 0 Å². The van der Waals surface area contributed by atoms with Crippen molar-refractivity contribution >= 4 is 32.8 Å². The highest BCUT2D eigenvalue weighted by Crippen LogP contribution is 2.31. The van der Waals surface area contributed by atoms with Crippen LogP contribution in [0.25, 0.3) is 11.0 Å². The summed E-state index contributed by atoms with van der Waals surface area (Å²) in [7, 11) is -0.645. The van der Waals surface area contributed by atoms with Crippen molar-refractivity contribution in [1.82, 2.24) is 18.8 Å². The number of aryl methyl sites for hydroxylation is 1. The van der Waals surface area contributed by atoms with Crippen LogP contribution in [-0.4, -0.2) is 41.4 Å². The van der Waals surface area contributed by atoms with Crippen molar-refractivity contribution in [3.05, 3.63) is 47.9 Å². The topological polar surface area (TPSA) is 68.1 Å². The molecule has 0 aliphatic heterocycles. The number of rotatable bonds is 7. The van der Waals surface area contributed by atoms with Crippen molar-refractivity contribution in [2.75, 3.05) is 14.1 Å². The van der Waals surface area contributed by atoms with Crippen LogP contribution in [0.4, 0.5) is 13.2 Å². The lowest BCUT2D eigenvalue weighted by Crippen LogP contribution is -2.22. The summed E-state index contributed by atoms with van der Waals surface area (Å²) in [6, 6.07) is 7.17. The average Bonchev–Trinajstić information content (AvgIpc) is 3.03. The molecule has 162 valence electrons. The fourth-order valence-corrected chi connectivity index (χ4v) is 4.60. The van der Waals surface area contributed by atoms with Gasteiger partial charge in [0.1, 0.15) is 5.82 Å². The molecule has 0 saturated carbocycles. The van der Waals surface area contributed by atoms with Crippen molar-refractivity contribution in [2.45, 2.75) is 41.7 Å². The summed E-state index contributed by atoms with van der Waals surface area (Å²) < 4.78 is 66.0. The zero-order valence-corrected chi connectivity index (χ0v) is 18.3. The third kappa shape index (κ3) is 4.62. The molecule has 0 unspecified atom stereocenters. The van der Waals surface area contributed by atoms with Gasteiger partial charge >= 0.3 is 6.18 Å². The van der Waals surface area contributed by atoms with Crippen LogP contribution in [0, 0.1) is 0 Å². The fourth-order valence-electron chi connectivity index (χ4n) is 2.89. The molecule has 0 bridgehead atoms. The molecule has 0 aliphatic carbocycles. The van der Waals surface area contributed by atoms with Crippen molar-refractivity contribution in [3.63, 3.8) is 0 Å². The van der Waals surface area contributed by atoms with Gasteiger partial charge < -0.3 is 4.57 Å². The number of halogens is 3. The molecule has 2 heterocycles. The second kappa shape index (κ2) is 8.56. The molecule has 0 atom stereocenters. The first kappa shape index (κ1) is 22.6. The fraction of sp³-hybridized carbons (Fsp3) is 0.368. The molecule has 3 rings (SSSR count). The van der Waals surface area contributed by atoms with E-state index in [2.05, 4.69) is 9.97 Å². The van der Waals surface area contributed by atoms with Gasteiger partial charge in [0.05, 0.1) is 32.3 Å². The van der Waals surface area contributed by atoms with E-state index < -0.39 is 21.8 Å². The van der Waals surface area contributed by atoms with Gasteiger partial charge in [0.15, 0.2) is 0 Å². The molecule has 0 saturated heterocycles. The number of thioether (sulfide) groups is 1. The summed E-state index contributed by atoms with van der Waals surface area (Å²) in [6.45, 7) is 2.71. The molecule has 0 N–H and O–H groups in total. The first-order valence-electron chi connectivity index (χ1n) is 9.11. The summed E-state index contributed by atoms with van der Waals surface area (Å²) >= 11 is 1.27. The summed E-state index contributed by atoms with van der Waals surface area (Å²) in [5.74, 6) is 1.10. The molecular formula is C19H21F3N4O2S2.